The number of rotatable bonds is 20. The van der Waals surface area contributed by atoms with Gasteiger partial charge < -0.3 is 24.1 Å². The van der Waals surface area contributed by atoms with E-state index in [1.807, 2.05) is 6.92 Å². The third-order valence-electron chi connectivity index (χ3n) is 3.38. The van der Waals surface area contributed by atoms with Crippen LogP contribution < -0.4 is 0 Å². The summed E-state index contributed by atoms with van der Waals surface area (Å²) >= 11 is 0. The molecule has 0 unspecified atom stereocenters. The second-order valence-corrected chi connectivity index (χ2v) is 5.59. The SMILES string of the molecule is CCOCCCCOCCCCOCCCCOCCCCO. The van der Waals surface area contributed by atoms with E-state index in [1.54, 1.807) is 0 Å². The zero-order valence-electron chi connectivity index (χ0n) is 15.1. The fourth-order valence-corrected chi connectivity index (χ4v) is 1.99. The third kappa shape index (κ3) is 21.8. The van der Waals surface area contributed by atoms with Gasteiger partial charge in [0.15, 0.2) is 0 Å². The van der Waals surface area contributed by atoms with Crippen LogP contribution in [0.5, 0.6) is 0 Å². The summed E-state index contributed by atoms with van der Waals surface area (Å²) in [5.74, 6) is 0. The topological polar surface area (TPSA) is 57.2 Å². The molecule has 23 heavy (non-hydrogen) atoms. The summed E-state index contributed by atoms with van der Waals surface area (Å²) in [4.78, 5) is 0. The van der Waals surface area contributed by atoms with Crippen LogP contribution in [0.4, 0.5) is 0 Å². The van der Waals surface area contributed by atoms with E-state index in [9.17, 15) is 0 Å². The Morgan fingerprint density at radius 2 is 0.783 bits per heavy atom. The lowest BCUT2D eigenvalue weighted by Gasteiger charge is -2.06. The highest BCUT2D eigenvalue weighted by atomic mass is 16.5. The van der Waals surface area contributed by atoms with Crippen molar-refractivity contribution in [3.05, 3.63) is 0 Å². The highest BCUT2D eigenvalue weighted by molar-refractivity contribution is 4.43. The van der Waals surface area contributed by atoms with E-state index < -0.39 is 0 Å². The fraction of sp³-hybridized carbons (Fsp3) is 1.00. The van der Waals surface area contributed by atoms with Gasteiger partial charge in [-0.1, -0.05) is 0 Å². The summed E-state index contributed by atoms with van der Waals surface area (Å²) in [6.07, 6.45) is 8.18. The molecule has 0 aromatic carbocycles. The normalized spacial score (nSPS) is 11.2. The van der Waals surface area contributed by atoms with Gasteiger partial charge in [-0.15, -0.1) is 0 Å². The molecule has 0 aromatic heterocycles. The van der Waals surface area contributed by atoms with E-state index >= 15 is 0 Å². The van der Waals surface area contributed by atoms with Gasteiger partial charge in [-0.05, 0) is 58.3 Å². The van der Waals surface area contributed by atoms with Crippen LogP contribution in [0.25, 0.3) is 0 Å². The molecule has 0 heterocycles. The zero-order chi connectivity index (χ0) is 16.8. The molecule has 0 spiro atoms. The maximum absolute atomic E-state index is 8.63. The Hall–Kier alpha value is -0.200. The average Bonchev–Trinajstić information content (AvgIpc) is 2.57. The number of aliphatic hydroxyl groups is 1. The molecule has 0 bridgehead atoms. The van der Waals surface area contributed by atoms with Crippen LogP contribution >= 0.6 is 0 Å². The molecule has 0 radical (unpaired) electrons. The molecule has 0 atom stereocenters. The maximum atomic E-state index is 8.63. The molecule has 5 nitrogen and oxygen atoms in total. The molecular formula is C18H38O5. The van der Waals surface area contributed by atoms with Gasteiger partial charge in [0, 0.05) is 59.5 Å². The van der Waals surface area contributed by atoms with Crippen LogP contribution in [-0.2, 0) is 18.9 Å². The minimum atomic E-state index is 0.260. The first-order valence-corrected chi connectivity index (χ1v) is 9.33. The molecule has 5 heteroatoms. The predicted octanol–water partition coefficient (Wildman–Crippen LogP) is 3.19. The van der Waals surface area contributed by atoms with E-state index in [1.165, 1.54) is 0 Å². The molecule has 0 saturated carbocycles. The summed E-state index contributed by atoms with van der Waals surface area (Å²) in [6.45, 7) is 8.80. The second kappa shape index (κ2) is 21.8. The average molecular weight is 334 g/mol. The zero-order valence-corrected chi connectivity index (χ0v) is 15.1. The van der Waals surface area contributed by atoms with Gasteiger partial charge in [0.05, 0.1) is 0 Å². The first-order chi connectivity index (χ1) is 11.4. The number of hydrogen-bond acceptors (Lipinski definition) is 5. The lowest BCUT2D eigenvalue weighted by atomic mass is 10.3. The van der Waals surface area contributed by atoms with E-state index in [2.05, 4.69) is 0 Å². The quantitative estimate of drug-likeness (QED) is 0.347. The Balaban J connectivity index is 2.92. The van der Waals surface area contributed by atoms with Gasteiger partial charge in [0.1, 0.15) is 0 Å². The van der Waals surface area contributed by atoms with Gasteiger partial charge in [-0.2, -0.15) is 0 Å². The van der Waals surface area contributed by atoms with Crippen molar-refractivity contribution >= 4 is 0 Å². The van der Waals surface area contributed by atoms with E-state index in [0.717, 1.165) is 104 Å². The molecular weight excluding hydrogens is 296 g/mol. The van der Waals surface area contributed by atoms with Crippen molar-refractivity contribution in [2.24, 2.45) is 0 Å². The van der Waals surface area contributed by atoms with Crippen molar-refractivity contribution < 1.29 is 24.1 Å². The molecule has 0 aliphatic carbocycles. The van der Waals surface area contributed by atoms with Crippen LogP contribution in [0.15, 0.2) is 0 Å². The molecule has 0 aliphatic rings. The highest BCUT2D eigenvalue weighted by Gasteiger charge is 1.94. The van der Waals surface area contributed by atoms with Gasteiger partial charge in [0.2, 0.25) is 0 Å². The van der Waals surface area contributed by atoms with Crippen LogP contribution in [0.1, 0.15) is 58.3 Å². The molecule has 140 valence electrons. The highest BCUT2D eigenvalue weighted by Crippen LogP contribution is 1.98. The predicted molar refractivity (Wildman–Crippen MR) is 93.0 cm³/mol. The first kappa shape index (κ1) is 22.8. The van der Waals surface area contributed by atoms with Crippen LogP contribution in [0, 0.1) is 0 Å². The molecule has 0 fully saturated rings. The summed E-state index contributed by atoms with van der Waals surface area (Å²) in [5.41, 5.74) is 0. The second-order valence-electron chi connectivity index (χ2n) is 5.59. The summed E-state index contributed by atoms with van der Waals surface area (Å²) in [7, 11) is 0. The largest absolute Gasteiger partial charge is 0.396 e. The number of aliphatic hydroxyl groups excluding tert-OH is 1. The third-order valence-corrected chi connectivity index (χ3v) is 3.38. The van der Waals surface area contributed by atoms with E-state index in [0.29, 0.717) is 0 Å². The molecule has 1 N–H and O–H groups in total. The van der Waals surface area contributed by atoms with Crippen molar-refractivity contribution in [2.75, 3.05) is 59.5 Å². The van der Waals surface area contributed by atoms with Crippen molar-refractivity contribution in [3.63, 3.8) is 0 Å². The van der Waals surface area contributed by atoms with Gasteiger partial charge in [0.25, 0.3) is 0 Å². The smallest absolute Gasteiger partial charge is 0.0466 e. The summed E-state index contributed by atoms with van der Waals surface area (Å²) in [5, 5.41) is 8.63. The first-order valence-electron chi connectivity index (χ1n) is 9.33. The molecule has 0 rings (SSSR count). The van der Waals surface area contributed by atoms with Gasteiger partial charge in [-0.25, -0.2) is 0 Å². The fourth-order valence-electron chi connectivity index (χ4n) is 1.99. The Morgan fingerprint density at radius 1 is 0.478 bits per heavy atom. The Kier molecular flexibility index (Phi) is 21.6. The lowest BCUT2D eigenvalue weighted by molar-refractivity contribution is 0.0851. The summed E-state index contributed by atoms with van der Waals surface area (Å²) < 4.78 is 21.9. The Bertz CT molecular complexity index is 182. The van der Waals surface area contributed by atoms with Crippen molar-refractivity contribution in [1.82, 2.24) is 0 Å². The van der Waals surface area contributed by atoms with Crippen molar-refractivity contribution in [1.29, 1.82) is 0 Å². The number of ether oxygens (including phenoxy) is 4. The Labute approximate surface area is 142 Å². The number of unbranched alkanes of at least 4 members (excludes halogenated alkanes) is 4. The lowest BCUT2D eigenvalue weighted by Crippen LogP contribution is -2.03. The number of hydrogen-bond donors (Lipinski definition) is 1. The maximum Gasteiger partial charge on any atom is 0.0466 e. The minimum Gasteiger partial charge on any atom is -0.396 e. The standard InChI is InChI=1S/C18H38O5/c1-2-20-12-5-6-14-22-16-9-10-18-23-17-8-7-15-21-13-4-3-11-19/h19H,2-18H2,1H3. The van der Waals surface area contributed by atoms with Crippen molar-refractivity contribution in [2.45, 2.75) is 58.3 Å². The van der Waals surface area contributed by atoms with Gasteiger partial charge >= 0.3 is 0 Å². The molecule has 0 saturated heterocycles. The van der Waals surface area contributed by atoms with E-state index in [4.69, 9.17) is 24.1 Å². The Morgan fingerprint density at radius 3 is 1.09 bits per heavy atom. The molecule has 0 aromatic rings. The van der Waals surface area contributed by atoms with Crippen LogP contribution in [-0.4, -0.2) is 64.6 Å². The molecule has 0 aliphatic heterocycles. The molecule has 0 amide bonds. The van der Waals surface area contributed by atoms with Gasteiger partial charge in [-0.3, -0.25) is 0 Å². The van der Waals surface area contributed by atoms with E-state index in [-0.39, 0.29) is 6.61 Å². The van der Waals surface area contributed by atoms with Crippen LogP contribution in [0.3, 0.4) is 0 Å². The monoisotopic (exact) mass is 334 g/mol. The van der Waals surface area contributed by atoms with Crippen molar-refractivity contribution in [3.8, 4) is 0 Å². The van der Waals surface area contributed by atoms with Crippen LogP contribution in [0.2, 0.25) is 0 Å². The summed E-state index contributed by atoms with van der Waals surface area (Å²) in [6, 6.07) is 0. The minimum absolute atomic E-state index is 0.260.